The molecule has 0 aliphatic heterocycles. The summed E-state index contributed by atoms with van der Waals surface area (Å²) in [6.45, 7) is 2.84. The maximum absolute atomic E-state index is 5.93. The molecule has 0 fully saturated rings. The van der Waals surface area contributed by atoms with Gasteiger partial charge in [-0.25, -0.2) is 0 Å². The van der Waals surface area contributed by atoms with Gasteiger partial charge in [-0.05, 0) is 26.6 Å². The second-order valence-electron chi connectivity index (χ2n) is 3.34. The molecule has 1 aromatic heterocycles. The summed E-state index contributed by atoms with van der Waals surface area (Å²) in [5, 5.41) is 6.84. The van der Waals surface area contributed by atoms with Gasteiger partial charge in [-0.15, -0.1) is 0 Å². The number of aryl methyl sites for hydroxylation is 1. The molecule has 0 bridgehead atoms. The number of nitrogens with two attached hydrogens (primary N) is 1. The average Bonchev–Trinajstić information content (AvgIpc) is 2.33. The molecule has 0 saturated heterocycles. The first-order chi connectivity index (χ1) is 5.61. The molecular formula is C8H16N4. The van der Waals surface area contributed by atoms with Crippen LogP contribution in [0.2, 0.25) is 0 Å². The van der Waals surface area contributed by atoms with Gasteiger partial charge in [0, 0.05) is 6.54 Å². The Morgan fingerprint density at radius 1 is 1.67 bits per heavy atom. The van der Waals surface area contributed by atoms with Crippen molar-refractivity contribution in [2.75, 3.05) is 20.6 Å². The molecule has 0 aliphatic rings. The topological polar surface area (TPSA) is 57.9 Å². The van der Waals surface area contributed by atoms with Gasteiger partial charge in [0.05, 0.1) is 17.9 Å². The van der Waals surface area contributed by atoms with Gasteiger partial charge in [-0.2, -0.15) is 5.10 Å². The Hall–Kier alpha value is -0.870. The molecule has 12 heavy (non-hydrogen) atoms. The van der Waals surface area contributed by atoms with Crippen molar-refractivity contribution in [3.63, 3.8) is 0 Å². The van der Waals surface area contributed by atoms with Gasteiger partial charge < -0.3 is 10.6 Å². The van der Waals surface area contributed by atoms with Crippen molar-refractivity contribution in [3.05, 3.63) is 17.5 Å². The SMILES string of the molecule is Cc1cn[nH]c1C(N)CN(C)C. The third kappa shape index (κ3) is 2.06. The van der Waals surface area contributed by atoms with Crippen LogP contribution in [0.4, 0.5) is 0 Å². The summed E-state index contributed by atoms with van der Waals surface area (Å²) in [6.07, 6.45) is 1.80. The zero-order valence-electron chi connectivity index (χ0n) is 7.83. The molecule has 1 unspecified atom stereocenters. The highest BCUT2D eigenvalue weighted by molar-refractivity contribution is 5.17. The molecule has 68 valence electrons. The van der Waals surface area contributed by atoms with E-state index in [1.54, 1.807) is 6.20 Å². The van der Waals surface area contributed by atoms with Gasteiger partial charge in [-0.3, -0.25) is 5.10 Å². The number of aromatic nitrogens is 2. The Labute approximate surface area is 72.8 Å². The molecule has 1 aromatic rings. The first-order valence-electron chi connectivity index (χ1n) is 4.01. The van der Waals surface area contributed by atoms with Gasteiger partial charge in [0.1, 0.15) is 0 Å². The van der Waals surface area contributed by atoms with Crippen LogP contribution >= 0.6 is 0 Å². The highest BCUT2D eigenvalue weighted by Crippen LogP contribution is 2.11. The number of aromatic amines is 1. The molecule has 4 nitrogen and oxygen atoms in total. The monoisotopic (exact) mass is 168 g/mol. The normalized spacial score (nSPS) is 13.8. The fourth-order valence-electron chi connectivity index (χ4n) is 1.22. The zero-order valence-corrected chi connectivity index (χ0v) is 7.83. The van der Waals surface area contributed by atoms with Gasteiger partial charge in [-0.1, -0.05) is 0 Å². The largest absolute Gasteiger partial charge is 0.322 e. The lowest BCUT2D eigenvalue weighted by molar-refractivity contribution is 0.373. The number of hydrogen-bond acceptors (Lipinski definition) is 3. The lowest BCUT2D eigenvalue weighted by atomic mass is 10.1. The van der Waals surface area contributed by atoms with Crippen LogP contribution in [0, 0.1) is 6.92 Å². The van der Waals surface area contributed by atoms with Crippen molar-refractivity contribution in [1.29, 1.82) is 0 Å². The lowest BCUT2D eigenvalue weighted by Gasteiger charge is -2.15. The third-order valence-electron chi connectivity index (χ3n) is 1.80. The summed E-state index contributed by atoms with van der Waals surface area (Å²) in [6, 6.07) is 0.0301. The van der Waals surface area contributed by atoms with Crippen LogP contribution < -0.4 is 5.73 Å². The molecule has 0 spiro atoms. The smallest absolute Gasteiger partial charge is 0.0596 e. The molecule has 1 heterocycles. The number of nitrogens with one attached hydrogen (secondary N) is 1. The molecule has 1 rings (SSSR count). The van der Waals surface area contributed by atoms with Crippen LogP contribution in [0.25, 0.3) is 0 Å². The van der Waals surface area contributed by atoms with Crippen LogP contribution in [0.15, 0.2) is 6.20 Å². The first-order valence-corrected chi connectivity index (χ1v) is 4.01. The molecule has 4 heteroatoms. The summed E-state index contributed by atoms with van der Waals surface area (Å²) in [5.74, 6) is 0. The number of nitrogens with zero attached hydrogens (tertiary/aromatic N) is 2. The Kier molecular flexibility index (Phi) is 2.83. The van der Waals surface area contributed by atoms with Crippen molar-refractivity contribution in [2.24, 2.45) is 5.73 Å². The molecule has 1 atom stereocenters. The van der Waals surface area contributed by atoms with E-state index >= 15 is 0 Å². The summed E-state index contributed by atoms with van der Waals surface area (Å²) < 4.78 is 0. The minimum atomic E-state index is 0.0301. The Balaban J connectivity index is 2.65. The summed E-state index contributed by atoms with van der Waals surface area (Å²) in [7, 11) is 4.01. The van der Waals surface area contributed by atoms with Crippen LogP contribution in [0.1, 0.15) is 17.3 Å². The van der Waals surface area contributed by atoms with Crippen molar-refractivity contribution < 1.29 is 0 Å². The summed E-state index contributed by atoms with van der Waals surface area (Å²) in [4.78, 5) is 2.06. The molecule has 0 aromatic carbocycles. The van der Waals surface area contributed by atoms with E-state index in [0.29, 0.717) is 0 Å². The van der Waals surface area contributed by atoms with Crippen LogP contribution in [-0.2, 0) is 0 Å². The van der Waals surface area contributed by atoms with Gasteiger partial charge in [0.25, 0.3) is 0 Å². The van der Waals surface area contributed by atoms with E-state index in [9.17, 15) is 0 Å². The highest BCUT2D eigenvalue weighted by Gasteiger charge is 2.10. The van der Waals surface area contributed by atoms with E-state index in [1.807, 2.05) is 21.0 Å². The summed E-state index contributed by atoms with van der Waals surface area (Å²) >= 11 is 0. The van der Waals surface area contributed by atoms with E-state index in [4.69, 9.17) is 5.73 Å². The predicted molar refractivity (Wildman–Crippen MR) is 48.8 cm³/mol. The standard InChI is InChI=1S/C8H16N4/c1-6-4-10-11-8(6)7(9)5-12(2)3/h4,7H,5,9H2,1-3H3,(H,10,11). The zero-order chi connectivity index (χ0) is 9.14. The fourth-order valence-corrected chi connectivity index (χ4v) is 1.22. The first kappa shape index (κ1) is 9.22. The number of hydrogen-bond donors (Lipinski definition) is 2. The number of likely N-dealkylation sites (N-methyl/N-ethyl adjacent to an activating group) is 1. The minimum absolute atomic E-state index is 0.0301. The van der Waals surface area contributed by atoms with E-state index < -0.39 is 0 Å². The Morgan fingerprint density at radius 2 is 2.33 bits per heavy atom. The van der Waals surface area contributed by atoms with E-state index in [0.717, 1.165) is 17.8 Å². The lowest BCUT2D eigenvalue weighted by Crippen LogP contribution is -2.26. The Bertz CT molecular complexity index is 241. The number of H-pyrrole nitrogens is 1. The molecule has 0 aliphatic carbocycles. The predicted octanol–water partition coefficient (Wildman–Crippen LogP) is 0.280. The van der Waals surface area contributed by atoms with E-state index in [1.165, 1.54) is 0 Å². The molecule has 0 saturated carbocycles. The maximum Gasteiger partial charge on any atom is 0.0596 e. The molecule has 0 amide bonds. The van der Waals surface area contributed by atoms with Gasteiger partial charge in [0.2, 0.25) is 0 Å². The van der Waals surface area contributed by atoms with Gasteiger partial charge >= 0.3 is 0 Å². The van der Waals surface area contributed by atoms with Crippen LogP contribution in [-0.4, -0.2) is 35.7 Å². The van der Waals surface area contributed by atoms with Crippen molar-refractivity contribution in [2.45, 2.75) is 13.0 Å². The van der Waals surface area contributed by atoms with Crippen molar-refractivity contribution in [1.82, 2.24) is 15.1 Å². The minimum Gasteiger partial charge on any atom is -0.322 e. The van der Waals surface area contributed by atoms with Gasteiger partial charge in [0.15, 0.2) is 0 Å². The third-order valence-corrected chi connectivity index (χ3v) is 1.80. The fraction of sp³-hybridized carbons (Fsp3) is 0.625. The van der Waals surface area contributed by atoms with E-state index in [-0.39, 0.29) is 6.04 Å². The molecular weight excluding hydrogens is 152 g/mol. The summed E-state index contributed by atoms with van der Waals surface area (Å²) in [5.41, 5.74) is 8.09. The molecule has 0 radical (unpaired) electrons. The molecule has 3 N–H and O–H groups in total. The van der Waals surface area contributed by atoms with E-state index in [2.05, 4.69) is 15.1 Å². The Morgan fingerprint density at radius 3 is 2.75 bits per heavy atom. The number of rotatable bonds is 3. The van der Waals surface area contributed by atoms with Crippen LogP contribution in [0.3, 0.4) is 0 Å². The maximum atomic E-state index is 5.93. The van der Waals surface area contributed by atoms with Crippen molar-refractivity contribution >= 4 is 0 Å². The second kappa shape index (κ2) is 3.69. The van der Waals surface area contributed by atoms with Crippen LogP contribution in [0.5, 0.6) is 0 Å². The average molecular weight is 168 g/mol. The second-order valence-corrected chi connectivity index (χ2v) is 3.34. The van der Waals surface area contributed by atoms with Crippen molar-refractivity contribution in [3.8, 4) is 0 Å². The quantitative estimate of drug-likeness (QED) is 0.681. The highest BCUT2D eigenvalue weighted by atomic mass is 15.1.